The third-order valence-electron chi connectivity index (χ3n) is 5.20. The molecule has 0 unspecified atom stereocenters. The molecule has 1 N–H and O–H groups in total. The van der Waals surface area contributed by atoms with Crippen LogP contribution in [-0.4, -0.2) is 33.6 Å². The zero-order valence-electron chi connectivity index (χ0n) is 15.6. The maximum Gasteiger partial charge on any atom is 0.244 e. The van der Waals surface area contributed by atoms with Gasteiger partial charge in [-0.15, -0.1) is 0 Å². The predicted molar refractivity (Wildman–Crippen MR) is 106 cm³/mol. The van der Waals surface area contributed by atoms with Gasteiger partial charge >= 0.3 is 0 Å². The largest absolute Gasteiger partial charge is 0.460 e. The standard InChI is InChI=1S/C21H21N5O2/c1-22-19-9-8-15(12-23-19)20-24-21(28-25-20)17-6-4-10-26(17)13-16-11-14-5-2-3-7-18(14)27-16/h2-3,5,7-9,11-12,17H,4,6,10,13H2,1H3,(H,22,23)/t17-/m0/s1. The van der Waals surface area contributed by atoms with Crippen LogP contribution >= 0.6 is 0 Å². The summed E-state index contributed by atoms with van der Waals surface area (Å²) in [4.78, 5) is 11.3. The number of nitrogens with zero attached hydrogens (tertiary/aromatic N) is 4. The molecule has 0 saturated carbocycles. The van der Waals surface area contributed by atoms with Gasteiger partial charge in [-0.2, -0.15) is 4.98 Å². The van der Waals surface area contributed by atoms with E-state index >= 15 is 0 Å². The van der Waals surface area contributed by atoms with E-state index in [1.54, 1.807) is 6.20 Å². The van der Waals surface area contributed by atoms with E-state index < -0.39 is 0 Å². The van der Waals surface area contributed by atoms with E-state index in [0.29, 0.717) is 11.7 Å². The van der Waals surface area contributed by atoms with Gasteiger partial charge in [0.1, 0.15) is 17.2 Å². The second-order valence-electron chi connectivity index (χ2n) is 7.02. The topological polar surface area (TPSA) is 80.2 Å². The van der Waals surface area contributed by atoms with Crippen molar-refractivity contribution in [2.75, 3.05) is 18.9 Å². The molecule has 0 amide bonds. The molecule has 4 aromatic rings. The fourth-order valence-electron chi connectivity index (χ4n) is 3.77. The minimum absolute atomic E-state index is 0.110. The van der Waals surface area contributed by atoms with E-state index in [1.165, 1.54) is 0 Å². The SMILES string of the molecule is CNc1ccc(-c2noc([C@@H]3CCCN3Cc3cc4ccccc4o3)n2)cn1. The van der Waals surface area contributed by atoms with Crippen LogP contribution in [0.5, 0.6) is 0 Å². The maximum absolute atomic E-state index is 5.99. The van der Waals surface area contributed by atoms with Crippen molar-refractivity contribution in [3.8, 4) is 11.4 Å². The Morgan fingerprint density at radius 1 is 1.21 bits per heavy atom. The first-order chi connectivity index (χ1) is 13.8. The zero-order valence-corrected chi connectivity index (χ0v) is 15.6. The van der Waals surface area contributed by atoms with Crippen LogP contribution in [0.2, 0.25) is 0 Å². The molecule has 0 radical (unpaired) electrons. The minimum atomic E-state index is 0.110. The molecular weight excluding hydrogens is 354 g/mol. The Labute approximate surface area is 162 Å². The number of likely N-dealkylation sites (tertiary alicyclic amines) is 1. The van der Waals surface area contributed by atoms with Crippen LogP contribution in [0, 0.1) is 0 Å². The van der Waals surface area contributed by atoms with Crippen molar-refractivity contribution in [2.24, 2.45) is 0 Å². The van der Waals surface area contributed by atoms with Crippen LogP contribution in [0.25, 0.3) is 22.4 Å². The number of anilines is 1. The van der Waals surface area contributed by atoms with Crippen molar-refractivity contribution in [1.82, 2.24) is 20.0 Å². The van der Waals surface area contributed by atoms with Crippen LogP contribution in [0.3, 0.4) is 0 Å². The van der Waals surface area contributed by atoms with Crippen molar-refractivity contribution in [3.05, 3.63) is 60.3 Å². The monoisotopic (exact) mass is 375 g/mol. The highest BCUT2D eigenvalue weighted by Gasteiger charge is 2.31. The number of hydrogen-bond acceptors (Lipinski definition) is 7. The van der Waals surface area contributed by atoms with Gasteiger partial charge in [0, 0.05) is 24.2 Å². The molecule has 7 nitrogen and oxygen atoms in total. The molecule has 4 heterocycles. The quantitative estimate of drug-likeness (QED) is 0.558. The summed E-state index contributed by atoms with van der Waals surface area (Å²) in [5.74, 6) is 2.99. The molecule has 0 aliphatic carbocycles. The minimum Gasteiger partial charge on any atom is -0.460 e. The maximum atomic E-state index is 5.99. The lowest BCUT2D eigenvalue weighted by Crippen LogP contribution is -2.22. The fourth-order valence-corrected chi connectivity index (χ4v) is 3.77. The van der Waals surface area contributed by atoms with Gasteiger partial charge in [0.15, 0.2) is 0 Å². The Balaban J connectivity index is 1.35. The first kappa shape index (κ1) is 16.9. The highest BCUT2D eigenvalue weighted by atomic mass is 16.5. The summed E-state index contributed by atoms with van der Waals surface area (Å²) in [6.45, 7) is 1.72. The van der Waals surface area contributed by atoms with Gasteiger partial charge in [0.25, 0.3) is 0 Å². The molecule has 1 aliphatic heterocycles. The lowest BCUT2D eigenvalue weighted by molar-refractivity contribution is 0.190. The number of hydrogen-bond donors (Lipinski definition) is 1. The summed E-state index contributed by atoms with van der Waals surface area (Å²) >= 11 is 0. The lowest BCUT2D eigenvalue weighted by atomic mass is 10.2. The number of fused-ring (bicyclic) bond motifs is 1. The van der Waals surface area contributed by atoms with Crippen molar-refractivity contribution in [2.45, 2.75) is 25.4 Å². The molecule has 0 bridgehead atoms. The van der Waals surface area contributed by atoms with Crippen LogP contribution in [0.1, 0.15) is 30.5 Å². The Hall–Kier alpha value is -3.19. The number of rotatable bonds is 5. The van der Waals surface area contributed by atoms with Crippen molar-refractivity contribution in [1.29, 1.82) is 0 Å². The van der Waals surface area contributed by atoms with E-state index in [4.69, 9.17) is 8.94 Å². The molecule has 28 heavy (non-hydrogen) atoms. The normalized spacial score (nSPS) is 17.4. The first-order valence-corrected chi connectivity index (χ1v) is 9.49. The number of para-hydroxylation sites is 1. The summed E-state index contributed by atoms with van der Waals surface area (Å²) in [5.41, 5.74) is 1.77. The molecule has 5 rings (SSSR count). The van der Waals surface area contributed by atoms with Gasteiger partial charge in [0.2, 0.25) is 11.7 Å². The summed E-state index contributed by atoms with van der Waals surface area (Å²) < 4.78 is 11.6. The second-order valence-corrected chi connectivity index (χ2v) is 7.02. The number of benzene rings is 1. The molecule has 1 aromatic carbocycles. The summed E-state index contributed by atoms with van der Waals surface area (Å²) in [5, 5.41) is 8.30. The fraction of sp³-hybridized carbons (Fsp3) is 0.286. The van der Waals surface area contributed by atoms with Crippen molar-refractivity contribution < 1.29 is 8.94 Å². The van der Waals surface area contributed by atoms with Crippen LogP contribution in [0.4, 0.5) is 5.82 Å². The molecule has 142 valence electrons. The van der Waals surface area contributed by atoms with Crippen molar-refractivity contribution >= 4 is 16.8 Å². The number of pyridine rings is 1. The van der Waals surface area contributed by atoms with E-state index in [2.05, 4.69) is 37.5 Å². The average Bonchev–Trinajstić information content (AvgIpc) is 3.47. The van der Waals surface area contributed by atoms with Gasteiger partial charge in [-0.1, -0.05) is 23.4 Å². The summed E-state index contributed by atoms with van der Waals surface area (Å²) in [6, 6.07) is 14.1. The molecule has 1 fully saturated rings. The Kier molecular flexibility index (Phi) is 4.29. The van der Waals surface area contributed by atoms with Gasteiger partial charge in [0.05, 0.1) is 12.6 Å². The Morgan fingerprint density at radius 2 is 2.14 bits per heavy atom. The molecular formula is C21H21N5O2. The van der Waals surface area contributed by atoms with E-state index in [0.717, 1.165) is 54.0 Å². The smallest absolute Gasteiger partial charge is 0.244 e. The molecule has 1 atom stereocenters. The molecule has 3 aromatic heterocycles. The number of furan rings is 1. The Morgan fingerprint density at radius 3 is 2.96 bits per heavy atom. The van der Waals surface area contributed by atoms with Crippen LogP contribution in [-0.2, 0) is 6.54 Å². The highest BCUT2D eigenvalue weighted by Crippen LogP contribution is 2.34. The average molecular weight is 375 g/mol. The molecule has 1 saturated heterocycles. The molecule has 7 heteroatoms. The number of aromatic nitrogens is 3. The van der Waals surface area contributed by atoms with Gasteiger partial charge in [-0.25, -0.2) is 4.98 Å². The highest BCUT2D eigenvalue weighted by molar-refractivity contribution is 5.77. The summed E-state index contributed by atoms with van der Waals surface area (Å²) in [6.07, 6.45) is 3.85. The van der Waals surface area contributed by atoms with E-state index in [9.17, 15) is 0 Å². The second kappa shape index (κ2) is 7.09. The third kappa shape index (κ3) is 3.14. The Bertz CT molecular complexity index is 1050. The lowest BCUT2D eigenvalue weighted by Gasteiger charge is -2.19. The van der Waals surface area contributed by atoms with E-state index in [1.807, 2.05) is 37.4 Å². The van der Waals surface area contributed by atoms with Gasteiger partial charge < -0.3 is 14.3 Å². The third-order valence-corrected chi connectivity index (χ3v) is 5.20. The van der Waals surface area contributed by atoms with Crippen molar-refractivity contribution in [3.63, 3.8) is 0 Å². The van der Waals surface area contributed by atoms with Crippen LogP contribution < -0.4 is 5.32 Å². The molecule has 1 aliphatic rings. The molecule has 0 spiro atoms. The van der Waals surface area contributed by atoms with Crippen LogP contribution in [0.15, 0.2) is 57.6 Å². The van der Waals surface area contributed by atoms with Gasteiger partial charge in [-0.05, 0) is 43.7 Å². The van der Waals surface area contributed by atoms with Gasteiger partial charge in [-0.3, -0.25) is 4.90 Å². The summed E-state index contributed by atoms with van der Waals surface area (Å²) in [7, 11) is 1.84. The first-order valence-electron chi connectivity index (χ1n) is 9.49. The zero-order chi connectivity index (χ0) is 18.9. The number of nitrogens with one attached hydrogen (secondary N) is 1. The van der Waals surface area contributed by atoms with E-state index in [-0.39, 0.29) is 6.04 Å². The predicted octanol–water partition coefficient (Wildman–Crippen LogP) is 4.26.